The number of aromatic nitrogens is 2. The summed E-state index contributed by atoms with van der Waals surface area (Å²) in [6, 6.07) is 4.63. The standard InChI is InChI=1S/C12H11FN2O2/c1-7-8(4-3-5-9(7)13)10-11(17-2)12(16)15-6-14-10/h3-6H,1-2H3,(H,14,15,16). The molecule has 0 fully saturated rings. The van der Waals surface area contributed by atoms with Gasteiger partial charge in [0.05, 0.1) is 13.4 Å². The second-order valence-corrected chi connectivity index (χ2v) is 3.53. The topological polar surface area (TPSA) is 55.0 Å². The zero-order valence-electron chi connectivity index (χ0n) is 9.45. The monoisotopic (exact) mass is 234 g/mol. The van der Waals surface area contributed by atoms with Crippen LogP contribution in [0.5, 0.6) is 5.75 Å². The highest BCUT2D eigenvalue weighted by molar-refractivity contribution is 5.68. The van der Waals surface area contributed by atoms with Crippen molar-refractivity contribution in [1.29, 1.82) is 0 Å². The number of nitrogens with zero attached hydrogens (tertiary/aromatic N) is 1. The van der Waals surface area contributed by atoms with Crippen LogP contribution < -0.4 is 10.3 Å². The van der Waals surface area contributed by atoms with E-state index in [4.69, 9.17) is 4.74 Å². The predicted molar refractivity (Wildman–Crippen MR) is 61.5 cm³/mol. The van der Waals surface area contributed by atoms with E-state index in [-0.39, 0.29) is 17.1 Å². The van der Waals surface area contributed by atoms with Gasteiger partial charge >= 0.3 is 0 Å². The van der Waals surface area contributed by atoms with Crippen molar-refractivity contribution >= 4 is 0 Å². The number of H-pyrrole nitrogens is 1. The van der Waals surface area contributed by atoms with Gasteiger partial charge in [-0.05, 0) is 18.6 Å². The first kappa shape index (κ1) is 11.3. The highest BCUT2D eigenvalue weighted by atomic mass is 19.1. The van der Waals surface area contributed by atoms with E-state index in [0.29, 0.717) is 16.8 Å². The molecule has 2 rings (SSSR count). The van der Waals surface area contributed by atoms with Crippen molar-refractivity contribution in [1.82, 2.24) is 9.97 Å². The molecule has 0 unspecified atom stereocenters. The second kappa shape index (κ2) is 4.37. The molecule has 0 atom stereocenters. The first-order valence-corrected chi connectivity index (χ1v) is 5.02. The van der Waals surface area contributed by atoms with Crippen LogP contribution in [0, 0.1) is 12.7 Å². The van der Waals surface area contributed by atoms with Crippen molar-refractivity contribution in [3.8, 4) is 17.0 Å². The minimum Gasteiger partial charge on any atom is -0.490 e. The minimum atomic E-state index is -0.388. The Morgan fingerprint density at radius 2 is 2.18 bits per heavy atom. The molecule has 4 nitrogen and oxygen atoms in total. The van der Waals surface area contributed by atoms with Gasteiger partial charge in [-0.2, -0.15) is 0 Å². The largest absolute Gasteiger partial charge is 0.490 e. The van der Waals surface area contributed by atoms with Gasteiger partial charge in [-0.3, -0.25) is 4.79 Å². The summed E-state index contributed by atoms with van der Waals surface area (Å²) in [6.07, 6.45) is 1.27. The third kappa shape index (κ3) is 1.91. The highest BCUT2D eigenvalue weighted by Gasteiger charge is 2.14. The van der Waals surface area contributed by atoms with E-state index in [1.165, 1.54) is 19.5 Å². The Labute approximate surface area is 97.1 Å². The molecule has 1 heterocycles. The molecule has 0 aliphatic carbocycles. The number of benzene rings is 1. The van der Waals surface area contributed by atoms with Gasteiger partial charge in [0.15, 0.2) is 0 Å². The number of aromatic amines is 1. The normalized spacial score (nSPS) is 10.3. The lowest BCUT2D eigenvalue weighted by atomic mass is 10.0. The van der Waals surface area contributed by atoms with E-state index in [1.807, 2.05) is 0 Å². The number of halogens is 1. The van der Waals surface area contributed by atoms with Crippen molar-refractivity contribution < 1.29 is 9.13 Å². The molecule has 1 N–H and O–H groups in total. The van der Waals surface area contributed by atoms with Crippen molar-refractivity contribution in [2.45, 2.75) is 6.92 Å². The van der Waals surface area contributed by atoms with Crippen LogP contribution in [-0.4, -0.2) is 17.1 Å². The first-order chi connectivity index (χ1) is 8.15. The summed E-state index contributed by atoms with van der Waals surface area (Å²) >= 11 is 0. The van der Waals surface area contributed by atoms with Crippen LogP contribution >= 0.6 is 0 Å². The van der Waals surface area contributed by atoms with Crippen LogP contribution in [0.3, 0.4) is 0 Å². The number of ether oxygens (including phenoxy) is 1. The molecule has 0 spiro atoms. The van der Waals surface area contributed by atoms with Gasteiger partial charge in [-0.15, -0.1) is 0 Å². The molecule has 0 bridgehead atoms. The molecule has 0 saturated heterocycles. The van der Waals surface area contributed by atoms with Gasteiger partial charge in [0.1, 0.15) is 11.5 Å². The summed E-state index contributed by atoms with van der Waals surface area (Å²) in [5, 5.41) is 0. The molecule has 2 aromatic rings. The van der Waals surface area contributed by atoms with Crippen molar-refractivity contribution in [2.75, 3.05) is 7.11 Å². The van der Waals surface area contributed by atoms with Crippen molar-refractivity contribution in [3.05, 3.63) is 46.3 Å². The zero-order valence-corrected chi connectivity index (χ0v) is 9.45. The quantitative estimate of drug-likeness (QED) is 0.863. The Bertz CT molecular complexity index is 608. The fourth-order valence-electron chi connectivity index (χ4n) is 1.63. The van der Waals surface area contributed by atoms with E-state index in [0.717, 1.165) is 0 Å². The van der Waals surface area contributed by atoms with Crippen LogP contribution in [0.1, 0.15) is 5.56 Å². The minimum absolute atomic E-state index is 0.0844. The summed E-state index contributed by atoms with van der Waals surface area (Å²) in [7, 11) is 1.38. The highest BCUT2D eigenvalue weighted by Crippen LogP contribution is 2.27. The number of hydrogen-bond donors (Lipinski definition) is 1. The Morgan fingerprint density at radius 1 is 1.41 bits per heavy atom. The van der Waals surface area contributed by atoms with Crippen LogP contribution in [-0.2, 0) is 0 Å². The molecule has 1 aromatic heterocycles. The average molecular weight is 234 g/mol. The Hall–Kier alpha value is -2.17. The zero-order chi connectivity index (χ0) is 12.4. The van der Waals surface area contributed by atoms with Gasteiger partial charge < -0.3 is 9.72 Å². The average Bonchev–Trinajstić information content (AvgIpc) is 2.32. The van der Waals surface area contributed by atoms with Crippen molar-refractivity contribution in [2.24, 2.45) is 0 Å². The summed E-state index contributed by atoms with van der Waals surface area (Å²) < 4.78 is 18.4. The maximum atomic E-state index is 13.4. The molecular weight excluding hydrogens is 223 g/mol. The van der Waals surface area contributed by atoms with Gasteiger partial charge in [-0.1, -0.05) is 12.1 Å². The Morgan fingerprint density at radius 3 is 2.88 bits per heavy atom. The number of rotatable bonds is 2. The number of hydrogen-bond acceptors (Lipinski definition) is 3. The van der Waals surface area contributed by atoms with Gasteiger partial charge in [0.25, 0.3) is 5.56 Å². The molecular formula is C12H11FN2O2. The first-order valence-electron chi connectivity index (χ1n) is 5.02. The molecule has 0 radical (unpaired) electrons. The molecule has 5 heteroatoms. The van der Waals surface area contributed by atoms with Crippen LogP contribution in [0.4, 0.5) is 4.39 Å². The summed E-state index contributed by atoms with van der Waals surface area (Å²) in [6.45, 7) is 1.63. The summed E-state index contributed by atoms with van der Waals surface area (Å²) in [4.78, 5) is 18.0. The summed E-state index contributed by atoms with van der Waals surface area (Å²) in [5.74, 6) is -0.257. The van der Waals surface area contributed by atoms with Crippen LogP contribution in [0.25, 0.3) is 11.3 Å². The number of nitrogens with one attached hydrogen (secondary N) is 1. The molecule has 1 aromatic carbocycles. The SMILES string of the molecule is COc1c(-c2cccc(F)c2C)nc[nH]c1=O. The van der Waals surface area contributed by atoms with E-state index in [2.05, 4.69) is 9.97 Å². The Kier molecular flexibility index (Phi) is 2.91. The predicted octanol–water partition coefficient (Wildman–Crippen LogP) is 1.89. The lowest BCUT2D eigenvalue weighted by Gasteiger charge is -2.09. The molecule has 0 aliphatic heterocycles. The smallest absolute Gasteiger partial charge is 0.293 e. The van der Waals surface area contributed by atoms with E-state index < -0.39 is 0 Å². The second-order valence-electron chi connectivity index (χ2n) is 3.53. The van der Waals surface area contributed by atoms with E-state index in [1.54, 1.807) is 19.1 Å². The molecule has 0 aliphatic rings. The number of methoxy groups -OCH3 is 1. The molecule has 17 heavy (non-hydrogen) atoms. The third-order valence-corrected chi connectivity index (χ3v) is 2.54. The maximum Gasteiger partial charge on any atom is 0.293 e. The van der Waals surface area contributed by atoms with Crippen LogP contribution in [0.2, 0.25) is 0 Å². The van der Waals surface area contributed by atoms with Crippen LogP contribution in [0.15, 0.2) is 29.3 Å². The molecule has 0 saturated carbocycles. The van der Waals surface area contributed by atoms with E-state index >= 15 is 0 Å². The van der Waals surface area contributed by atoms with Crippen molar-refractivity contribution in [3.63, 3.8) is 0 Å². The molecule has 88 valence electrons. The lowest BCUT2D eigenvalue weighted by molar-refractivity contribution is 0.408. The fraction of sp³-hybridized carbons (Fsp3) is 0.167. The maximum absolute atomic E-state index is 13.4. The Balaban J connectivity index is 2.73. The third-order valence-electron chi connectivity index (χ3n) is 2.54. The van der Waals surface area contributed by atoms with E-state index in [9.17, 15) is 9.18 Å². The van der Waals surface area contributed by atoms with Gasteiger partial charge in [-0.25, -0.2) is 9.37 Å². The molecule has 0 amide bonds. The summed E-state index contributed by atoms with van der Waals surface area (Å²) in [5.41, 5.74) is 0.936. The van der Waals surface area contributed by atoms with Gasteiger partial charge in [0.2, 0.25) is 5.75 Å². The lowest BCUT2D eigenvalue weighted by Crippen LogP contribution is -2.11. The van der Waals surface area contributed by atoms with Gasteiger partial charge in [0, 0.05) is 5.56 Å². The fourth-order valence-corrected chi connectivity index (χ4v) is 1.63.